The molecule has 3 aromatic heterocycles. The van der Waals surface area contributed by atoms with Crippen molar-refractivity contribution in [1.82, 2.24) is 25.1 Å². The molecule has 0 aliphatic carbocycles. The van der Waals surface area contributed by atoms with Crippen molar-refractivity contribution in [3.05, 3.63) is 60.6 Å². The third-order valence-electron chi connectivity index (χ3n) is 3.44. The Bertz CT molecular complexity index is 800. The minimum atomic E-state index is -0.189. The Kier molecular flexibility index (Phi) is 5.20. The molecule has 0 fully saturated rings. The summed E-state index contributed by atoms with van der Waals surface area (Å²) >= 11 is 0. The van der Waals surface area contributed by atoms with Crippen LogP contribution in [0.1, 0.15) is 10.4 Å². The lowest BCUT2D eigenvalue weighted by Gasteiger charge is -2.08. The van der Waals surface area contributed by atoms with Crippen LogP contribution in [0.3, 0.4) is 0 Å². The van der Waals surface area contributed by atoms with Gasteiger partial charge in [0.25, 0.3) is 5.91 Å². The van der Waals surface area contributed by atoms with Crippen molar-refractivity contribution in [1.29, 1.82) is 0 Å². The normalized spacial score (nSPS) is 10.3. The van der Waals surface area contributed by atoms with Gasteiger partial charge in [0.05, 0.1) is 12.7 Å². The molecule has 0 spiro atoms. The molecule has 25 heavy (non-hydrogen) atoms. The molecule has 0 aliphatic heterocycles. The number of anilines is 1. The Morgan fingerprint density at radius 3 is 2.60 bits per heavy atom. The molecular formula is C17H18N6O2. The topological polar surface area (TPSA) is 94.0 Å². The summed E-state index contributed by atoms with van der Waals surface area (Å²) in [5, 5.41) is 14.2. The Morgan fingerprint density at radius 1 is 1.12 bits per heavy atom. The van der Waals surface area contributed by atoms with E-state index < -0.39 is 0 Å². The SMILES string of the molecule is COc1ccc(C(=O)NCCNc2ccc(-n3cccc3)nn2)cn1. The third-order valence-corrected chi connectivity index (χ3v) is 3.44. The van der Waals surface area contributed by atoms with E-state index in [-0.39, 0.29) is 5.91 Å². The van der Waals surface area contributed by atoms with Crippen LogP contribution in [0.5, 0.6) is 5.88 Å². The van der Waals surface area contributed by atoms with Crippen molar-refractivity contribution in [2.75, 3.05) is 25.5 Å². The summed E-state index contributed by atoms with van der Waals surface area (Å²) in [7, 11) is 1.53. The smallest absolute Gasteiger partial charge is 0.252 e. The Hall–Kier alpha value is -3.42. The molecular weight excluding hydrogens is 320 g/mol. The fraction of sp³-hybridized carbons (Fsp3) is 0.176. The number of hydrogen-bond acceptors (Lipinski definition) is 6. The highest BCUT2D eigenvalue weighted by Crippen LogP contribution is 2.07. The largest absolute Gasteiger partial charge is 0.481 e. The van der Waals surface area contributed by atoms with Crippen LogP contribution >= 0.6 is 0 Å². The van der Waals surface area contributed by atoms with Crippen LogP contribution in [-0.4, -0.2) is 45.9 Å². The van der Waals surface area contributed by atoms with Crippen molar-refractivity contribution in [2.45, 2.75) is 0 Å². The van der Waals surface area contributed by atoms with Gasteiger partial charge in [0.15, 0.2) is 5.82 Å². The second-order valence-electron chi connectivity index (χ2n) is 5.14. The lowest BCUT2D eigenvalue weighted by molar-refractivity contribution is 0.0954. The summed E-state index contributed by atoms with van der Waals surface area (Å²) in [6.07, 6.45) is 5.29. The van der Waals surface area contributed by atoms with Crippen LogP contribution in [-0.2, 0) is 0 Å². The first-order valence-electron chi connectivity index (χ1n) is 7.75. The van der Waals surface area contributed by atoms with Crippen molar-refractivity contribution in [3.63, 3.8) is 0 Å². The van der Waals surface area contributed by atoms with Crippen molar-refractivity contribution < 1.29 is 9.53 Å². The number of carbonyl (C=O) groups excluding carboxylic acids is 1. The molecule has 0 saturated carbocycles. The van der Waals surface area contributed by atoms with E-state index in [4.69, 9.17) is 4.74 Å². The predicted molar refractivity (Wildman–Crippen MR) is 93.0 cm³/mol. The van der Waals surface area contributed by atoms with E-state index in [0.717, 1.165) is 5.82 Å². The molecule has 8 heteroatoms. The highest BCUT2D eigenvalue weighted by molar-refractivity contribution is 5.93. The van der Waals surface area contributed by atoms with Crippen LogP contribution in [0, 0.1) is 0 Å². The van der Waals surface area contributed by atoms with Gasteiger partial charge in [-0.15, -0.1) is 10.2 Å². The van der Waals surface area contributed by atoms with Gasteiger partial charge in [0, 0.05) is 37.7 Å². The lowest BCUT2D eigenvalue weighted by atomic mass is 10.2. The van der Waals surface area contributed by atoms with Gasteiger partial charge in [-0.1, -0.05) is 0 Å². The van der Waals surface area contributed by atoms with Crippen molar-refractivity contribution in [2.24, 2.45) is 0 Å². The van der Waals surface area contributed by atoms with Crippen LogP contribution in [0.15, 0.2) is 55.0 Å². The molecule has 3 rings (SSSR count). The number of hydrogen-bond donors (Lipinski definition) is 2. The Morgan fingerprint density at radius 2 is 1.96 bits per heavy atom. The van der Waals surface area contributed by atoms with E-state index in [2.05, 4.69) is 25.8 Å². The molecule has 2 N–H and O–H groups in total. The average Bonchev–Trinajstić information content (AvgIpc) is 3.20. The summed E-state index contributed by atoms with van der Waals surface area (Å²) in [5.74, 6) is 1.68. The number of pyridine rings is 1. The molecule has 3 heterocycles. The van der Waals surface area contributed by atoms with Crippen LogP contribution in [0.2, 0.25) is 0 Å². The molecule has 0 aromatic carbocycles. The molecule has 0 aliphatic rings. The standard InChI is InChI=1S/C17H18N6O2/c1-25-16-7-4-13(12-20-16)17(24)19-9-8-18-14-5-6-15(22-21-14)23-10-2-3-11-23/h2-7,10-12H,8-9H2,1H3,(H,18,21)(H,19,24). The minimum Gasteiger partial charge on any atom is -0.481 e. The van der Waals surface area contributed by atoms with E-state index in [1.54, 1.807) is 12.1 Å². The fourth-order valence-corrected chi connectivity index (χ4v) is 2.15. The summed E-state index contributed by atoms with van der Waals surface area (Å²) in [6.45, 7) is 0.985. The molecule has 3 aromatic rings. The second kappa shape index (κ2) is 7.91. The number of carbonyl (C=O) groups is 1. The van der Waals surface area contributed by atoms with Gasteiger partial charge in [0.2, 0.25) is 5.88 Å². The maximum atomic E-state index is 12.0. The molecule has 0 atom stereocenters. The second-order valence-corrected chi connectivity index (χ2v) is 5.14. The molecule has 128 valence electrons. The van der Waals surface area contributed by atoms with Crippen LogP contribution < -0.4 is 15.4 Å². The van der Waals surface area contributed by atoms with Gasteiger partial charge in [-0.05, 0) is 30.3 Å². The Labute approximate surface area is 144 Å². The van der Waals surface area contributed by atoms with Gasteiger partial charge in [-0.2, -0.15) is 0 Å². The van der Waals surface area contributed by atoms with E-state index in [1.807, 2.05) is 41.2 Å². The van der Waals surface area contributed by atoms with E-state index in [9.17, 15) is 4.79 Å². The number of methoxy groups -OCH3 is 1. The van der Waals surface area contributed by atoms with Crippen molar-refractivity contribution in [3.8, 4) is 11.7 Å². The molecule has 1 amide bonds. The first kappa shape index (κ1) is 16.4. The molecule has 8 nitrogen and oxygen atoms in total. The van der Waals surface area contributed by atoms with E-state index in [0.29, 0.717) is 30.4 Å². The Balaban J connectivity index is 1.44. The fourth-order valence-electron chi connectivity index (χ4n) is 2.15. The summed E-state index contributed by atoms with van der Waals surface area (Å²) in [6, 6.07) is 10.9. The number of nitrogens with one attached hydrogen (secondary N) is 2. The van der Waals surface area contributed by atoms with Gasteiger partial charge >= 0.3 is 0 Å². The first-order valence-corrected chi connectivity index (χ1v) is 7.75. The van der Waals surface area contributed by atoms with Crippen molar-refractivity contribution >= 4 is 11.7 Å². The third kappa shape index (κ3) is 4.31. The number of rotatable bonds is 7. The van der Waals surface area contributed by atoms with Crippen LogP contribution in [0.4, 0.5) is 5.82 Å². The van der Waals surface area contributed by atoms with Gasteiger partial charge in [-0.3, -0.25) is 4.79 Å². The minimum absolute atomic E-state index is 0.189. The predicted octanol–water partition coefficient (Wildman–Crippen LogP) is 1.51. The number of aromatic nitrogens is 4. The summed E-state index contributed by atoms with van der Waals surface area (Å²) < 4.78 is 6.84. The molecule has 0 bridgehead atoms. The number of nitrogens with zero attached hydrogens (tertiary/aromatic N) is 4. The average molecular weight is 338 g/mol. The first-order chi connectivity index (χ1) is 12.3. The van der Waals surface area contributed by atoms with Gasteiger partial charge in [-0.25, -0.2) is 4.98 Å². The maximum Gasteiger partial charge on any atom is 0.252 e. The zero-order chi connectivity index (χ0) is 17.5. The molecule has 0 saturated heterocycles. The molecule has 0 radical (unpaired) electrons. The number of amides is 1. The monoisotopic (exact) mass is 338 g/mol. The summed E-state index contributed by atoms with van der Waals surface area (Å²) in [5.41, 5.74) is 0.483. The number of ether oxygens (including phenoxy) is 1. The van der Waals surface area contributed by atoms with Gasteiger partial charge in [0.1, 0.15) is 5.82 Å². The van der Waals surface area contributed by atoms with Crippen LogP contribution in [0.25, 0.3) is 5.82 Å². The zero-order valence-corrected chi connectivity index (χ0v) is 13.7. The maximum absolute atomic E-state index is 12.0. The lowest BCUT2D eigenvalue weighted by Crippen LogP contribution is -2.29. The zero-order valence-electron chi connectivity index (χ0n) is 13.7. The summed E-state index contributed by atoms with van der Waals surface area (Å²) in [4.78, 5) is 16.0. The highest BCUT2D eigenvalue weighted by atomic mass is 16.5. The van der Waals surface area contributed by atoms with E-state index >= 15 is 0 Å². The van der Waals surface area contributed by atoms with E-state index in [1.165, 1.54) is 13.3 Å². The molecule has 0 unspecified atom stereocenters. The highest BCUT2D eigenvalue weighted by Gasteiger charge is 2.05. The van der Waals surface area contributed by atoms with Gasteiger partial charge < -0.3 is 19.9 Å². The quantitative estimate of drug-likeness (QED) is 0.634.